The Morgan fingerprint density at radius 3 is 2.50 bits per heavy atom. The molecular formula is C9H14O2S. The molecule has 0 spiro atoms. The lowest BCUT2D eigenvalue weighted by molar-refractivity contribution is 0.170. The van der Waals surface area contributed by atoms with Gasteiger partial charge in [0.15, 0.2) is 5.06 Å². The Labute approximate surface area is 76.8 Å². The molecule has 0 radical (unpaired) electrons. The molecule has 0 amide bonds. The molecular weight excluding hydrogens is 172 g/mol. The number of hydrogen-bond donors (Lipinski definition) is 1. The number of hydrogen-bond acceptors (Lipinski definition) is 3. The molecule has 2 nitrogen and oxygen atoms in total. The molecule has 1 aromatic heterocycles. The maximum Gasteiger partial charge on any atom is 0.173 e. The molecule has 1 N–H and O–H groups in total. The van der Waals surface area contributed by atoms with Gasteiger partial charge in [0.2, 0.25) is 0 Å². The molecule has 0 aliphatic heterocycles. The zero-order chi connectivity index (χ0) is 9.14. The lowest BCUT2D eigenvalue weighted by Gasteiger charge is -2.11. The van der Waals surface area contributed by atoms with Crippen LogP contribution < -0.4 is 4.74 Å². The molecule has 1 aromatic rings. The van der Waals surface area contributed by atoms with Crippen molar-refractivity contribution >= 4 is 11.3 Å². The summed E-state index contributed by atoms with van der Waals surface area (Å²) in [5.41, 5.74) is 0. The fourth-order valence-corrected chi connectivity index (χ4v) is 1.90. The number of aliphatic hydroxyl groups excluding tert-OH is 1. The summed E-state index contributed by atoms with van der Waals surface area (Å²) < 4.78 is 5.06. The average Bonchev–Trinajstić information content (AvgIpc) is 2.50. The molecule has 68 valence electrons. The fraction of sp³-hybridized carbons (Fsp3) is 0.556. The number of methoxy groups -OCH3 is 1. The molecule has 2 atom stereocenters. The second kappa shape index (κ2) is 3.92. The van der Waals surface area contributed by atoms with E-state index in [1.807, 2.05) is 19.1 Å². The number of ether oxygens (including phenoxy) is 1. The highest BCUT2D eigenvalue weighted by atomic mass is 32.1. The van der Waals surface area contributed by atoms with Crippen molar-refractivity contribution in [2.45, 2.75) is 25.9 Å². The monoisotopic (exact) mass is 186 g/mol. The maximum absolute atomic E-state index is 9.32. The van der Waals surface area contributed by atoms with Crippen molar-refractivity contribution < 1.29 is 9.84 Å². The summed E-state index contributed by atoms with van der Waals surface area (Å²) in [6, 6.07) is 3.93. The Morgan fingerprint density at radius 2 is 2.08 bits per heavy atom. The largest absolute Gasteiger partial charge is 0.487 e. The van der Waals surface area contributed by atoms with E-state index in [-0.39, 0.29) is 12.0 Å². The van der Waals surface area contributed by atoms with Gasteiger partial charge in [-0.2, -0.15) is 0 Å². The number of aliphatic hydroxyl groups is 1. The average molecular weight is 186 g/mol. The first-order chi connectivity index (χ1) is 5.65. The lowest BCUT2D eigenvalue weighted by atomic mass is 10.1. The summed E-state index contributed by atoms with van der Waals surface area (Å²) in [5, 5.41) is 10.2. The Balaban J connectivity index is 2.74. The molecule has 0 saturated carbocycles. The van der Waals surface area contributed by atoms with Crippen LogP contribution in [0.2, 0.25) is 0 Å². The van der Waals surface area contributed by atoms with Gasteiger partial charge in [-0.3, -0.25) is 0 Å². The van der Waals surface area contributed by atoms with Crippen molar-refractivity contribution in [2.75, 3.05) is 7.11 Å². The molecule has 0 aromatic carbocycles. The summed E-state index contributed by atoms with van der Waals surface area (Å²) >= 11 is 1.59. The van der Waals surface area contributed by atoms with Crippen molar-refractivity contribution in [3.05, 3.63) is 17.0 Å². The van der Waals surface area contributed by atoms with Gasteiger partial charge in [-0.1, -0.05) is 6.92 Å². The van der Waals surface area contributed by atoms with E-state index >= 15 is 0 Å². The molecule has 1 rings (SSSR count). The van der Waals surface area contributed by atoms with Crippen LogP contribution in [0, 0.1) is 0 Å². The normalized spacial score (nSPS) is 15.7. The molecule has 0 bridgehead atoms. The summed E-state index contributed by atoms with van der Waals surface area (Å²) in [6.45, 7) is 3.81. The van der Waals surface area contributed by atoms with Gasteiger partial charge >= 0.3 is 0 Å². The molecule has 0 saturated heterocycles. The van der Waals surface area contributed by atoms with Crippen LogP contribution in [0.3, 0.4) is 0 Å². The van der Waals surface area contributed by atoms with Gasteiger partial charge in [0.05, 0.1) is 13.2 Å². The summed E-state index contributed by atoms with van der Waals surface area (Å²) in [6.07, 6.45) is -0.298. The van der Waals surface area contributed by atoms with Crippen molar-refractivity contribution in [3.63, 3.8) is 0 Å². The van der Waals surface area contributed by atoms with E-state index in [0.717, 1.165) is 5.06 Å². The second-order valence-electron chi connectivity index (χ2n) is 2.89. The first kappa shape index (κ1) is 9.55. The predicted octanol–water partition coefficient (Wildman–Crippen LogP) is 2.24. The van der Waals surface area contributed by atoms with Gasteiger partial charge in [-0.25, -0.2) is 0 Å². The zero-order valence-electron chi connectivity index (χ0n) is 7.57. The molecule has 3 heteroatoms. The SMILES string of the molecule is COc1ccc(C(C)C(C)O)s1. The van der Waals surface area contributed by atoms with E-state index in [4.69, 9.17) is 4.74 Å². The van der Waals surface area contributed by atoms with Crippen LogP contribution in [0.4, 0.5) is 0 Å². The molecule has 12 heavy (non-hydrogen) atoms. The van der Waals surface area contributed by atoms with Crippen LogP contribution in [-0.4, -0.2) is 18.3 Å². The summed E-state index contributed by atoms with van der Waals surface area (Å²) in [7, 11) is 1.66. The van der Waals surface area contributed by atoms with E-state index in [1.54, 1.807) is 25.4 Å². The van der Waals surface area contributed by atoms with E-state index < -0.39 is 0 Å². The van der Waals surface area contributed by atoms with Crippen LogP contribution in [0.5, 0.6) is 5.06 Å². The molecule has 0 aliphatic rings. The topological polar surface area (TPSA) is 29.5 Å². The minimum Gasteiger partial charge on any atom is -0.487 e. The number of rotatable bonds is 3. The van der Waals surface area contributed by atoms with Gasteiger partial charge in [-0.15, -0.1) is 11.3 Å². The van der Waals surface area contributed by atoms with E-state index in [0.29, 0.717) is 0 Å². The first-order valence-corrected chi connectivity index (χ1v) is 4.78. The van der Waals surface area contributed by atoms with Crippen molar-refractivity contribution in [1.82, 2.24) is 0 Å². The van der Waals surface area contributed by atoms with Gasteiger partial charge in [0.25, 0.3) is 0 Å². The molecule has 2 unspecified atom stereocenters. The zero-order valence-corrected chi connectivity index (χ0v) is 8.39. The maximum atomic E-state index is 9.32. The highest BCUT2D eigenvalue weighted by Gasteiger charge is 2.13. The van der Waals surface area contributed by atoms with Crippen LogP contribution in [0.1, 0.15) is 24.6 Å². The van der Waals surface area contributed by atoms with Crippen LogP contribution >= 0.6 is 11.3 Å². The van der Waals surface area contributed by atoms with Crippen molar-refractivity contribution in [2.24, 2.45) is 0 Å². The Morgan fingerprint density at radius 1 is 1.42 bits per heavy atom. The second-order valence-corrected chi connectivity index (χ2v) is 3.97. The summed E-state index contributed by atoms with van der Waals surface area (Å²) in [4.78, 5) is 1.17. The lowest BCUT2D eigenvalue weighted by Crippen LogP contribution is -2.09. The molecule has 1 heterocycles. The Hall–Kier alpha value is -0.540. The highest BCUT2D eigenvalue weighted by Crippen LogP contribution is 2.31. The third kappa shape index (κ3) is 1.99. The molecule has 0 fully saturated rings. The standard InChI is InChI=1S/C9H14O2S/c1-6(7(2)10)8-4-5-9(11-3)12-8/h4-7,10H,1-3H3. The third-order valence-corrected chi connectivity index (χ3v) is 3.22. The van der Waals surface area contributed by atoms with E-state index in [9.17, 15) is 5.11 Å². The minimum atomic E-state index is -0.298. The fourth-order valence-electron chi connectivity index (χ4n) is 0.927. The molecule has 0 aliphatic carbocycles. The summed E-state index contributed by atoms with van der Waals surface area (Å²) in [5.74, 6) is 0.193. The van der Waals surface area contributed by atoms with Gasteiger partial charge in [0.1, 0.15) is 0 Å². The van der Waals surface area contributed by atoms with Crippen LogP contribution in [0.25, 0.3) is 0 Å². The third-order valence-electron chi connectivity index (χ3n) is 1.98. The van der Waals surface area contributed by atoms with Crippen LogP contribution in [0.15, 0.2) is 12.1 Å². The van der Waals surface area contributed by atoms with Gasteiger partial charge < -0.3 is 9.84 Å². The van der Waals surface area contributed by atoms with Crippen molar-refractivity contribution in [3.8, 4) is 5.06 Å². The Bertz CT molecular complexity index is 242. The van der Waals surface area contributed by atoms with Crippen LogP contribution in [-0.2, 0) is 0 Å². The Kier molecular flexibility index (Phi) is 3.12. The first-order valence-electron chi connectivity index (χ1n) is 3.97. The van der Waals surface area contributed by atoms with E-state index in [1.165, 1.54) is 4.88 Å². The smallest absolute Gasteiger partial charge is 0.173 e. The highest BCUT2D eigenvalue weighted by molar-refractivity contribution is 7.13. The predicted molar refractivity (Wildman–Crippen MR) is 51.0 cm³/mol. The van der Waals surface area contributed by atoms with Gasteiger partial charge in [-0.05, 0) is 19.1 Å². The quantitative estimate of drug-likeness (QED) is 0.784. The van der Waals surface area contributed by atoms with Crippen molar-refractivity contribution in [1.29, 1.82) is 0 Å². The van der Waals surface area contributed by atoms with E-state index in [2.05, 4.69) is 0 Å². The number of thiophene rings is 1. The minimum absolute atomic E-state index is 0.193. The van der Waals surface area contributed by atoms with Gasteiger partial charge in [0, 0.05) is 10.8 Å².